The van der Waals surface area contributed by atoms with Gasteiger partial charge in [0.25, 0.3) is 0 Å². The van der Waals surface area contributed by atoms with Crippen molar-refractivity contribution in [2.75, 3.05) is 0 Å². The van der Waals surface area contributed by atoms with Crippen LogP contribution in [0.1, 0.15) is 55.2 Å². The fraction of sp³-hybridized carbons (Fsp3) is 0.750. The topological polar surface area (TPSA) is 24.9 Å². The SMILES string of the molecule is CCCC(NC(C)C)c1nc(C)c(C)s1. The van der Waals surface area contributed by atoms with Gasteiger partial charge in [0.1, 0.15) is 5.01 Å². The lowest BCUT2D eigenvalue weighted by Crippen LogP contribution is -2.28. The Bertz CT molecular complexity index is 285. The number of rotatable bonds is 5. The van der Waals surface area contributed by atoms with E-state index in [1.807, 2.05) is 11.3 Å². The van der Waals surface area contributed by atoms with Gasteiger partial charge in [0.2, 0.25) is 0 Å². The molecule has 2 nitrogen and oxygen atoms in total. The van der Waals surface area contributed by atoms with Crippen LogP contribution >= 0.6 is 11.3 Å². The number of hydrogen-bond acceptors (Lipinski definition) is 3. The molecule has 1 unspecified atom stereocenters. The normalized spacial score (nSPS) is 13.5. The molecule has 15 heavy (non-hydrogen) atoms. The standard InChI is InChI=1S/C12H22N2S/c1-6-7-11(13-8(2)3)12-14-9(4)10(5)15-12/h8,11,13H,6-7H2,1-5H3. The molecule has 0 aliphatic carbocycles. The molecule has 3 heteroatoms. The molecule has 1 aromatic rings. The summed E-state index contributed by atoms with van der Waals surface area (Å²) in [6, 6.07) is 0.957. The third-order valence-corrected chi connectivity index (χ3v) is 3.64. The van der Waals surface area contributed by atoms with E-state index in [1.165, 1.54) is 28.4 Å². The zero-order valence-corrected chi connectivity index (χ0v) is 11.2. The molecular weight excluding hydrogens is 204 g/mol. The molecule has 0 aliphatic rings. The predicted molar refractivity (Wildman–Crippen MR) is 67.5 cm³/mol. The second-order valence-electron chi connectivity index (χ2n) is 4.36. The number of nitrogens with one attached hydrogen (secondary N) is 1. The highest BCUT2D eigenvalue weighted by Crippen LogP contribution is 2.26. The van der Waals surface area contributed by atoms with E-state index in [0.717, 1.165) is 0 Å². The zero-order valence-electron chi connectivity index (χ0n) is 10.4. The molecule has 1 atom stereocenters. The van der Waals surface area contributed by atoms with E-state index in [1.54, 1.807) is 0 Å². The molecule has 0 fully saturated rings. The quantitative estimate of drug-likeness (QED) is 0.830. The second-order valence-corrected chi connectivity index (χ2v) is 5.59. The van der Waals surface area contributed by atoms with Crippen molar-refractivity contribution in [2.45, 2.75) is 59.5 Å². The van der Waals surface area contributed by atoms with Crippen LogP contribution in [0.5, 0.6) is 0 Å². The van der Waals surface area contributed by atoms with Gasteiger partial charge in [0, 0.05) is 10.9 Å². The van der Waals surface area contributed by atoms with Crippen LogP contribution < -0.4 is 5.32 Å². The largest absolute Gasteiger partial charge is 0.306 e. The van der Waals surface area contributed by atoms with Gasteiger partial charge in [0.15, 0.2) is 0 Å². The summed E-state index contributed by atoms with van der Waals surface area (Å²) in [4.78, 5) is 5.98. The first kappa shape index (κ1) is 12.7. The van der Waals surface area contributed by atoms with Crippen LogP contribution in [0.15, 0.2) is 0 Å². The number of hydrogen-bond donors (Lipinski definition) is 1. The molecule has 0 bridgehead atoms. The van der Waals surface area contributed by atoms with Crippen molar-refractivity contribution < 1.29 is 0 Å². The van der Waals surface area contributed by atoms with Crippen molar-refractivity contribution in [3.05, 3.63) is 15.6 Å². The highest BCUT2D eigenvalue weighted by molar-refractivity contribution is 7.11. The summed E-state index contributed by atoms with van der Waals surface area (Å²) < 4.78 is 0. The highest BCUT2D eigenvalue weighted by atomic mass is 32.1. The average molecular weight is 226 g/mol. The Kier molecular flexibility index (Phi) is 4.74. The first-order chi connectivity index (χ1) is 7.04. The minimum absolute atomic E-state index is 0.437. The van der Waals surface area contributed by atoms with E-state index in [2.05, 4.69) is 44.9 Å². The van der Waals surface area contributed by atoms with Gasteiger partial charge in [-0.15, -0.1) is 11.3 Å². The highest BCUT2D eigenvalue weighted by Gasteiger charge is 2.16. The first-order valence-electron chi connectivity index (χ1n) is 5.74. The Morgan fingerprint density at radius 2 is 2.00 bits per heavy atom. The minimum Gasteiger partial charge on any atom is -0.306 e. The van der Waals surface area contributed by atoms with E-state index in [4.69, 9.17) is 0 Å². The summed E-state index contributed by atoms with van der Waals surface area (Å²) in [5.74, 6) is 0. The van der Waals surface area contributed by atoms with E-state index < -0.39 is 0 Å². The number of aromatic nitrogens is 1. The summed E-state index contributed by atoms with van der Waals surface area (Å²) in [6.07, 6.45) is 2.37. The maximum atomic E-state index is 4.64. The molecule has 0 saturated carbocycles. The number of nitrogens with zero attached hydrogens (tertiary/aromatic N) is 1. The molecule has 0 amide bonds. The van der Waals surface area contributed by atoms with Gasteiger partial charge < -0.3 is 5.32 Å². The van der Waals surface area contributed by atoms with Gasteiger partial charge in [-0.05, 0) is 20.3 Å². The van der Waals surface area contributed by atoms with Crippen molar-refractivity contribution in [3.63, 3.8) is 0 Å². The van der Waals surface area contributed by atoms with E-state index in [9.17, 15) is 0 Å². The third-order valence-electron chi connectivity index (χ3n) is 2.46. The molecule has 0 aromatic carbocycles. The zero-order chi connectivity index (χ0) is 11.4. The molecular formula is C12H22N2S. The van der Waals surface area contributed by atoms with Crippen molar-refractivity contribution in [2.24, 2.45) is 0 Å². The van der Waals surface area contributed by atoms with E-state index in [-0.39, 0.29) is 0 Å². The van der Waals surface area contributed by atoms with Crippen LogP contribution in [-0.2, 0) is 0 Å². The van der Waals surface area contributed by atoms with Crippen molar-refractivity contribution >= 4 is 11.3 Å². The molecule has 1 heterocycles. The minimum atomic E-state index is 0.437. The van der Waals surface area contributed by atoms with E-state index in [0.29, 0.717) is 12.1 Å². The number of thiazole rings is 1. The van der Waals surface area contributed by atoms with Crippen molar-refractivity contribution in [1.29, 1.82) is 0 Å². The summed E-state index contributed by atoms with van der Waals surface area (Å²) >= 11 is 1.83. The molecule has 1 rings (SSSR count). The molecule has 86 valence electrons. The Hall–Kier alpha value is -0.410. The first-order valence-corrected chi connectivity index (χ1v) is 6.56. The molecule has 0 saturated heterocycles. The molecule has 0 aliphatic heterocycles. The lowest BCUT2D eigenvalue weighted by atomic mass is 10.1. The average Bonchev–Trinajstić information content (AvgIpc) is 2.46. The van der Waals surface area contributed by atoms with Crippen LogP contribution in [0.25, 0.3) is 0 Å². The van der Waals surface area contributed by atoms with Gasteiger partial charge in [-0.3, -0.25) is 0 Å². The molecule has 0 spiro atoms. The maximum absolute atomic E-state index is 4.64. The van der Waals surface area contributed by atoms with Crippen LogP contribution in [0, 0.1) is 13.8 Å². The van der Waals surface area contributed by atoms with Crippen molar-refractivity contribution in [3.8, 4) is 0 Å². The predicted octanol–water partition coefficient (Wildman–Crippen LogP) is 3.60. The fourth-order valence-corrected chi connectivity index (χ4v) is 2.63. The van der Waals surface area contributed by atoms with Crippen molar-refractivity contribution in [1.82, 2.24) is 10.3 Å². The van der Waals surface area contributed by atoms with Crippen LogP contribution in [0.4, 0.5) is 0 Å². The van der Waals surface area contributed by atoms with Crippen LogP contribution in [0.3, 0.4) is 0 Å². The van der Waals surface area contributed by atoms with Crippen LogP contribution in [-0.4, -0.2) is 11.0 Å². The Balaban J connectivity index is 2.78. The monoisotopic (exact) mass is 226 g/mol. The summed E-state index contributed by atoms with van der Waals surface area (Å²) in [5.41, 5.74) is 1.18. The second kappa shape index (κ2) is 5.61. The fourth-order valence-electron chi connectivity index (χ4n) is 1.62. The smallest absolute Gasteiger partial charge is 0.110 e. The molecule has 0 radical (unpaired) electrons. The number of aryl methyl sites for hydroxylation is 2. The van der Waals surface area contributed by atoms with Gasteiger partial charge in [-0.25, -0.2) is 4.98 Å². The van der Waals surface area contributed by atoms with Crippen LogP contribution in [0.2, 0.25) is 0 Å². The summed E-state index contributed by atoms with van der Waals surface area (Å²) in [7, 11) is 0. The van der Waals surface area contributed by atoms with Gasteiger partial charge in [0.05, 0.1) is 11.7 Å². The van der Waals surface area contributed by atoms with E-state index >= 15 is 0 Å². The van der Waals surface area contributed by atoms with Gasteiger partial charge in [-0.2, -0.15) is 0 Å². The third kappa shape index (κ3) is 3.58. The Labute approximate surface area is 97.1 Å². The summed E-state index contributed by atoms with van der Waals surface area (Å²) in [6.45, 7) is 10.8. The Morgan fingerprint density at radius 1 is 1.33 bits per heavy atom. The molecule has 1 N–H and O–H groups in total. The molecule has 1 aromatic heterocycles. The Morgan fingerprint density at radius 3 is 2.40 bits per heavy atom. The maximum Gasteiger partial charge on any atom is 0.110 e. The lowest BCUT2D eigenvalue weighted by Gasteiger charge is -2.18. The summed E-state index contributed by atoms with van der Waals surface area (Å²) in [5, 5.41) is 4.84. The van der Waals surface area contributed by atoms with Gasteiger partial charge in [-0.1, -0.05) is 27.2 Å². The van der Waals surface area contributed by atoms with Gasteiger partial charge >= 0.3 is 0 Å². The lowest BCUT2D eigenvalue weighted by molar-refractivity contribution is 0.447.